The molecule has 1 aromatic heterocycles. The van der Waals surface area contributed by atoms with E-state index in [1.54, 1.807) is 11.3 Å². The second-order valence-electron chi connectivity index (χ2n) is 3.34. The molecule has 0 spiro atoms. The minimum absolute atomic E-state index is 0.163. The number of amides is 1. The van der Waals surface area contributed by atoms with Crippen LogP contribution >= 0.6 is 11.3 Å². The topological polar surface area (TPSA) is 46.3 Å². The van der Waals surface area contributed by atoms with Gasteiger partial charge in [-0.05, 0) is 24.8 Å². The number of carbonyl (C=O) groups excluding carboxylic acids is 1. The zero-order chi connectivity index (χ0) is 11.1. The lowest BCUT2D eigenvalue weighted by molar-refractivity contribution is -0.130. The van der Waals surface area contributed by atoms with E-state index in [0.29, 0.717) is 13.0 Å². The van der Waals surface area contributed by atoms with E-state index in [1.165, 1.54) is 4.88 Å². The van der Waals surface area contributed by atoms with Crippen LogP contribution in [0.2, 0.25) is 0 Å². The molecule has 0 fully saturated rings. The van der Waals surface area contributed by atoms with Crippen LogP contribution in [-0.4, -0.2) is 30.4 Å². The Bertz CT molecular complexity index is 285. The molecule has 3 nitrogen and oxygen atoms in total. The van der Waals surface area contributed by atoms with E-state index in [1.807, 2.05) is 17.9 Å². The number of carbonyl (C=O) groups is 1. The minimum atomic E-state index is 0.163. The Morgan fingerprint density at radius 1 is 1.60 bits per heavy atom. The summed E-state index contributed by atoms with van der Waals surface area (Å²) in [6, 6.07) is 4.14. The summed E-state index contributed by atoms with van der Waals surface area (Å²) in [4.78, 5) is 14.8. The van der Waals surface area contributed by atoms with Crippen LogP contribution in [0.1, 0.15) is 18.2 Å². The van der Waals surface area contributed by atoms with Crippen molar-refractivity contribution in [1.29, 1.82) is 0 Å². The summed E-state index contributed by atoms with van der Waals surface area (Å²) in [6.07, 6.45) is 1.40. The van der Waals surface area contributed by atoms with Gasteiger partial charge in [-0.3, -0.25) is 4.79 Å². The van der Waals surface area contributed by atoms with Crippen LogP contribution in [0.15, 0.2) is 17.5 Å². The van der Waals surface area contributed by atoms with Crippen molar-refractivity contribution < 1.29 is 4.79 Å². The lowest BCUT2D eigenvalue weighted by atomic mass is 10.3. The molecule has 1 amide bonds. The quantitative estimate of drug-likeness (QED) is 0.799. The zero-order valence-electron chi connectivity index (χ0n) is 9.11. The zero-order valence-corrected chi connectivity index (χ0v) is 9.93. The third-order valence-electron chi connectivity index (χ3n) is 2.30. The van der Waals surface area contributed by atoms with Gasteiger partial charge in [0.2, 0.25) is 5.91 Å². The predicted molar refractivity (Wildman–Crippen MR) is 63.9 cm³/mol. The largest absolute Gasteiger partial charge is 0.343 e. The Hall–Kier alpha value is -0.870. The Morgan fingerprint density at radius 2 is 2.40 bits per heavy atom. The first-order chi connectivity index (χ1) is 7.27. The number of nitrogens with zero attached hydrogens (tertiary/aromatic N) is 1. The van der Waals surface area contributed by atoms with Crippen LogP contribution < -0.4 is 5.73 Å². The van der Waals surface area contributed by atoms with E-state index in [0.717, 1.165) is 19.5 Å². The minimum Gasteiger partial charge on any atom is -0.343 e. The Kier molecular flexibility index (Phi) is 5.36. The molecule has 1 rings (SSSR count). The molecule has 0 aliphatic carbocycles. The van der Waals surface area contributed by atoms with Crippen LogP contribution in [-0.2, 0) is 11.2 Å². The Labute approximate surface area is 94.9 Å². The summed E-state index contributed by atoms with van der Waals surface area (Å²) >= 11 is 1.74. The molecular weight excluding hydrogens is 208 g/mol. The number of hydrogen-bond acceptors (Lipinski definition) is 3. The summed E-state index contributed by atoms with van der Waals surface area (Å²) in [5, 5.41) is 2.06. The average molecular weight is 226 g/mol. The lowest BCUT2D eigenvalue weighted by Gasteiger charge is -2.20. The summed E-state index contributed by atoms with van der Waals surface area (Å²) in [5.41, 5.74) is 5.37. The fourth-order valence-electron chi connectivity index (χ4n) is 1.44. The van der Waals surface area contributed by atoms with Gasteiger partial charge in [-0.1, -0.05) is 6.07 Å². The number of hydrogen-bond donors (Lipinski definition) is 1. The summed E-state index contributed by atoms with van der Waals surface area (Å²) in [7, 11) is 0. The molecule has 84 valence electrons. The molecule has 0 atom stereocenters. The molecule has 0 aromatic carbocycles. The van der Waals surface area contributed by atoms with Crippen LogP contribution in [0.5, 0.6) is 0 Å². The molecule has 0 bridgehead atoms. The lowest BCUT2D eigenvalue weighted by Crippen LogP contribution is -2.33. The van der Waals surface area contributed by atoms with Crippen molar-refractivity contribution in [3.05, 3.63) is 22.4 Å². The van der Waals surface area contributed by atoms with Crippen molar-refractivity contribution in [3.63, 3.8) is 0 Å². The Balaban J connectivity index is 2.37. The first kappa shape index (κ1) is 12.2. The predicted octanol–water partition coefficient (Wildman–Crippen LogP) is 1.49. The van der Waals surface area contributed by atoms with Gasteiger partial charge >= 0.3 is 0 Å². The van der Waals surface area contributed by atoms with Crippen molar-refractivity contribution >= 4 is 17.2 Å². The van der Waals surface area contributed by atoms with Gasteiger partial charge in [0.1, 0.15) is 0 Å². The maximum absolute atomic E-state index is 11.6. The van der Waals surface area contributed by atoms with Gasteiger partial charge in [0.05, 0.1) is 0 Å². The number of likely N-dealkylation sites (N-methyl/N-ethyl adjacent to an activating group) is 1. The monoisotopic (exact) mass is 226 g/mol. The molecule has 0 aliphatic heterocycles. The summed E-state index contributed by atoms with van der Waals surface area (Å²) in [5.74, 6) is 0.163. The molecule has 1 heterocycles. The highest BCUT2D eigenvalue weighted by molar-refractivity contribution is 7.09. The average Bonchev–Trinajstić information content (AvgIpc) is 2.72. The normalized spacial score (nSPS) is 10.3. The van der Waals surface area contributed by atoms with Crippen molar-refractivity contribution in [3.8, 4) is 0 Å². The number of rotatable bonds is 6. The molecule has 0 aliphatic rings. The fraction of sp³-hybridized carbons (Fsp3) is 0.545. The van der Waals surface area contributed by atoms with Crippen molar-refractivity contribution in [2.24, 2.45) is 5.73 Å². The first-order valence-corrected chi connectivity index (χ1v) is 6.16. The molecule has 2 N–H and O–H groups in total. The van der Waals surface area contributed by atoms with Gasteiger partial charge in [0, 0.05) is 30.9 Å². The van der Waals surface area contributed by atoms with Crippen LogP contribution in [0.25, 0.3) is 0 Å². The third-order valence-corrected chi connectivity index (χ3v) is 3.24. The second-order valence-corrected chi connectivity index (χ2v) is 4.37. The molecule has 15 heavy (non-hydrogen) atoms. The molecular formula is C11H18N2OS. The molecule has 0 saturated heterocycles. The molecule has 0 radical (unpaired) electrons. The van der Waals surface area contributed by atoms with Gasteiger partial charge in [-0.25, -0.2) is 0 Å². The molecule has 0 saturated carbocycles. The number of nitrogens with two attached hydrogens (primary N) is 1. The fourth-order valence-corrected chi connectivity index (χ4v) is 2.14. The van der Waals surface area contributed by atoms with Gasteiger partial charge in [0.15, 0.2) is 0 Å². The first-order valence-electron chi connectivity index (χ1n) is 5.28. The van der Waals surface area contributed by atoms with E-state index in [4.69, 9.17) is 5.73 Å². The van der Waals surface area contributed by atoms with E-state index >= 15 is 0 Å². The molecule has 0 unspecified atom stereocenters. The van der Waals surface area contributed by atoms with E-state index in [2.05, 4.69) is 11.4 Å². The van der Waals surface area contributed by atoms with Crippen LogP contribution in [0.3, 0.4) is 0 Å². The van der Waals surface area contributed by atoms with Gasteiger partial charge < -0.3 is 10.6 Å². The SMILES string of the molecule is CCN(CCc1cccs1)C(=O)CCN. The second kappa shape index (κ2) is 6.58. The van der Waals surface area contributed by atoms with Crippen LogP contribution in [0.4, 0.5) is 0 Å². The molecule has 4 heteroatoms. The molecule has 1 aromatic rings. The van der Waals surface area contributed by atoms with Gasteiger partial charge in [-0.2, -0.15) is 0 Å². The Morgan fingerprint density at radius 3 is 2.93 bits per heavy atom. The van der Waals surface area contributed by atoms with E-state index in [9.17, 15) is 4.79 Å². The highest BCUT2D eigenvalue weighted by atomic mass is 32.1. The standard InChI is InChI=1S/C11H18N2OS/c1-2-13(11(14)5-7-12)8-6-10-4-3-9-15-10/h3-4,9H,2,5-8,12H2,1H3. The van der Waals surface area contributed by atoms with Crippen LogP contribution in [0, 0.1) is 0 Å². The maximum Gasteiger partial charge on any atom is 0.223 e. The van der Waals surface area contributed by atoms with Crippen molar-refractivity contribution in [2.45, 2.75) is 19.8 Å². The third kappa shape index (κ3) is 4.01. The number of thiophene rings is 1. The summed E-state index contributed by atoms with van der Waals surface area (Å²) in [6.45, 7) is 4.01. The van der Waals surface area contributed by atoms with E-state index in [-0.39, 0.29) is 5.91 Å². The maximum atomic E-state index is 11.6. The summed E-state index contributed by atoms with van der Waals surface area (Å²) < 4.78 is 0. The van der Waals surface area contributed by atoms with Crippen molar-refractivity contribution in [2.75, 3.05) is 19.6 Å². The van der Waals surface area contributed by atoms with E-state index < -0.39 is 0 Å². The van der Waals surface area contributed by atoms with Crippen molar-refractivity contribution in [1.82, 2.24) is 4.90 Å². The highest BCUT2D eigenvalue weighted by Gasteiger charge is 2.10. The van der Waals surface area contributed by atoms with Gasteiger partial charge in [-0.15, -0.1) is 11.3 Å². The highest BCUT2D eigenvalue weighted by Crippen LogP contribution is 2.10. The van der Waals surface area contributed by atoms with Gasteiger partial charge in [0.25, 0.3) is 0 Å². The smallest absolute Gasteiger partial charge is 0.223 e.